The lowest BCUT2D eigenvalue weighted by molar-refractivity contribution is 0.0322. The van der Waals surface area contributed by atoms with E-state index in [-0.39, 0.29) is 30.0 Å². The minimum atomic E-state index is 0. The number of hydrogen-bond acceptors (Lipinski definition) is 4. The fraction of sp³-hybridized carbons (Fsp3) is 0.435. The molecule has 1 atom stereocenters. The van der Waals surface area contributed by atoms with Crippen LogP contribution in [-0.2, 0) is 11.3 Å². The van der Waals surface area contributed by atoms with E-state index < -0.39 is 0 Å². The number of aliphatic imine (C=N–C) groups is 1. The van der Waals surface area contributed by atoms with Crippen LogP contribution in [0.3, 0.4) is 0 Å². The van der Waals surface area contributed by atoms with Crippen molar-refractivity contribution in [3.05, 3.63) is 65.7 Å². The number of guanidine groups is 1. The van der Waals surface area contributed by atoms with Gasteiger partial charge in [-0.1, -0.05) is 48.5 Å². The summed E-state index contributed by atoms with van der Waals surface area (Å²) in [7, 11) is 1.79. The Morgan fingerprint density at radius 1 is 1.10 bits per heavy atom. The molecule has 1 heterocycles. The van der Waals surface area contributed by atoms with E-state index in [2.05, 4.69) is 45.6 Å². The molecule has 0 aliphatic carbocycles. The average Bonchev–Trinajstić information content (AvgIpc) is 2.78. The van der Waals surface area contributed by atoms with Crippen LogP contribution in [0.25, 0.3) is 0 Å². The van der Waals surface area contributed by atoms with Gasteiger partial charge in [0.05, 0.1) is 19.3 Å². The molecule has 30 heavy (non-hydrogen) atoms. The van der Waals surface area contributed by atoms with E-state index in [1.807, 2.05) is 36.4 Å². The fourth-order valence-corrected chi connectivity index (χ4v) is 3.30. The second-order valence-corrected chi connectivity index (χ2v) is 7.11. The number of para-hydroxylation sites is 1. The van der Waals surface area contributed by atoms with Gasteiger partial charge in [0.15, 0.2) is 5.96 Å². The summed E-state index contributed by atoms with van der Waals surface area (Å²) in [6.07, 6.45) is 0. The fourth-order valence-electron chi connectivity index (χ4n) is 3.30. The van der Waals surface area contributed by atoms with E-state index in [0.29, 0.717) is 13.2 Å². The van der Waals surface area contributed by atoms with Crippen molar-refractivity contribution >= 4 is 29.9 Å². The summed E-state index contributed by atoms with van der Waals surface area (Å²) in [6, 6.07) is 18.7. The number of nitrogens with one attached hydrogen (secondary N) is 2. The van der Waals surface area contributed by atoms with Gasteiger partial charge < -0.3 is 20.1 Å². The zero-order valence-electron chi connectivity index (χ0n) is 17.8. The lowest BCUT2D eigenvalue weighted by Gasteiger charge is -2.26. The molecule has 0 spiro atoms. The Bertz CT molecular complexity index is 767. The predicted molar refractivity (Wildman–Crippen MR) is 133 cm³/mol. The molecule has 2 aromatic carbocycles. The summed E-state index contributed by atoms with van der Waals surface area (Å²) in [5.41, 5.74) is 2.34. The Kier molecular flexibility index (Phi) is 11.0. The monoisotopic (exact) mass is 524 g/mol. The minimum absolute atomic E-state index is 0. The van der Waals surface area contributed by atoms with Crippen LogP contribution in [0, 0.1) is 0 Å². The average molecular weight is 524 g/mol. The highest BCUT2D eigenvalue weighted by atomic mass is 127. The molecule has 1 saturated heterocycles. The summed E-state index contributed by atoms with van der Waals surface area (Å²) in [5.74, 6) is 1.68. The van der Waals surface area contributed by atoms with Crippen LogP contribution in [0.5, 0.6) is 5.75 Å². The third-order valence-electron chi connectivity index (χ3n) is 5.06. The molecule has 0 amide bonds. The van der Waals surface area contributed by atoms with Crippen LogP contribution in [0.1, 0.15) is 24.1 Å². The van der Waals surface area contributed by atoms with E-state index in [4.69, 9.17) is 9.47 Å². The maximum Gasteiger partial charge on any atom is 0.191 e. The molecule has 1 fully saturated rings. The van der Waals surface area contributed by atoms with Crippen LogP contribution >= 0.6 is 24.0 Å². The van der Waals surface area contributed by atoms with E-state index in [1.54, 1.807) is 7.05 Å². The van der Waals surface area contributed by atoms with Gasteiger partial charge in [-0.15, -0.1) is 24.0 Å². The standard InChI is InChI=1S/C23H32N4O2.HI/c1-19(20-8-4-3-5-9-20)26-23(24-2)25-18-21-10-6-7-11-22(21)29-17-14-27-12-15-28-16-13-27;/h3-11,19H,12-18H2,1-2H3,(H2,24,25,26);1H. The molecule has 3 rings (SSSR count). The number of morpholine rings is 1. The van der Waals surface area contributed by atoms with Crippen molar-refractivity contribution in [2.24, 2.45) is 4.99 Å². The first-order valence-corrected chi connectivity index (χ1v) is 10.3. The highest BCUT2D eigenvalue weighted by molar-refractivity contribution is 14.0. The third kappa shape index (κ3) is 7.77. The molecular weight excluding hydrogens is 491 g/mol. The van der Waals surface area contributed by atoms with Gasteiger partial charge in [-0.3, -0.25) is 9.89 Å². The third-order valence-corrected chi connectivity index (χ3v) is 5.06. The van der Waals surface area contributed by atoms with Crippen molar-refractivity contribution < 1.29 is 9.47 Å². The van der Waals surface area contributed by atoms with Gasteiger partial charge in [-0.05, 0) is 18.6 Å². The van der Waals surface area contributed by atoms with Crippen LogP contribution < -0.4 is 15.4 Å². The highest BCUT2D eigenvalue weighted by Gasteiger charge is 2.11. The number of ether oxygens (including phenoxy) is 2. The maximum absolute atomic E-state index is 6.07. The summed E-state index contributed by atoms with van der Waals surface area (Å²) in [4.78, 5) is 6.73. The van der Waals surface area contributed by atoms with Crippen LogP contribution in [0.4, 0.5) is 0 Å². The van der Waals surface area contributed by atoms with E-state index in [0.717, 1.165) is 50.1 Å². The maximum atomic E-state index is 6.07. The number of nitrogens with zero attached hydrogens (tertiary/aromatic N) is 2. The van der Waals surface area contributed by atoms with Gasteiger partial charge in [0.25, 0.3) is 0 Å². The van der Waals surface area contributed by atoms with Crippen molar-refractivity contribution in [1.29, 1.82) is 0 Å². The van der Waals surface area contributed by atoms with Crippen LogP contribution in [-0.4, -0.2) is 57.4 Å². The molecule has 2 aromatic rings. The molecule has 1 unspecified atom stereocenters. The second-order valence-electron chi connectivity index (χ2n) is 7.11. The van der Waals surface area contributed by atoms with Gasteiger partial charge in [-0.25, -0.2) is 0 Å². The Morgan fingerprint density at radius 2 is 1.80 bits per heavy atom. The molecule has 6 nitrogen and oxygen atoms in total. The highest BCUT2D eigenvalue weighted by Crippen LogP contribution is 2.18. The van der Waals surface area contributed by atoms with Gasteiger partial charge in [0, 0.05) is 38.8 Å². The SMILES string of the molecule is CN=C(NCc1ccccc1OCCN1CCOCC1)NC(C)c1ccccc1.I. The van der Waals surface area contributed by atoms with Gasteiger partial charge in [0.2, 0.25) is 0 Å². The normalized spacial score (nSPS) is 15.7. The number of halogens is 1. The zero-order valence-corrected chi connectivity index (χ0v) is 20.2. The lowest BCUT2D eigenvalue weighted by Crippen LogP contribution is -2.39. The molecule has 7 heteroatoms. The Morgan fingerprint density at radius 3 is 2.53 bits per heavy atom. The van der Waals surface area contributed by atoms with Crippen molar-refractivity contribution in [2.75, 3.05) is 46.5 Å². The van der Waals surface area contributed by atoms with Gasteiger partial charge >= 0.3 is 0 Å². The van der Waals surface area contributed by atoms with Crippen LogP contribution in [0.2, 0.25) is 0 Å². The van der Waals surface area contributed by atoms with E-state index in [1.165, 1.54) is 5.56 Å². The molecule has 164 valence electrons. The minimum Gasteiger partial charge on any atom is -0.492 e. The lowest BCUT2D eigenvalue weighted by atomic mass is 10.1. The first-order chi connectivity index (χ1) is 14.3. The van der Waals surface area contributed by atoms with Crippen LogP contribution in [0.15, 0.2) is 59.6 Å². The number of hydrogen-bond donors (Lipinski definition) is 2. The van der Waals surface area contributed by atoms with E-state index in [9.17, 15) is 0 Å². The molecule has 0 saturated carbocycles. The quantitative estimate of drug-likeness (QED) is 0.315. The summed E-state index contributed by atoms with van der Waals surface area (Å²) >= 11 is 0. The predicted octanol–water partition coefficient (Wildman–Crippen LogP) is 3.44. The summed E-state index contributed by atoms with van der Waals surface area (Å²) in [5, 5.41) is 6.84. The Hall–Kier alpha value is -1.84. The zero-order chi connectivity index (χ0) is 20.3. The van der Waals surface area contributed by atoms with Gasteiger partial charge in [0.1, 0.15) is 12.4 Å². The Balaban J connectivity index is 0.00000320. The Labute approximate surface area is 197 Å². The van der Waals surface area contributed by atoms with Crippen molar-refractivity contribution in [3.63, 3.8) is 0 Å². The topological polar surface area (TPSA) is 58.1 Å². The molecule has 1 aliphatic heterocycles. The first-order valence-electron chi connectivity index (χ1n) is 10.3. The summed E-state index contributed by atoms with van der Waals surface area (Å²) < 4.78 is 11.5. The molecule has 0 radical (unpaired) electrons. The molecule has 2 N–H and O–H groups in total. The number of rotatable bonds is 8. The molecule has 0 bridgehead atoms. The number of benzene rings is 2. The smallest absolute Gasteiger partial charge is 0.191 e. The van der Waals surface area contributed by atoms with Crippen molar-refractivity contribution in [2.45, 2.75) is 19.5 Å². The molecule has 1 aliphatic rings. The van der Waals surface area contributed by atoms with Crippen molar-refractivity contribution in [3.8, 4) is 5.75 Å². The summed E-state index contributed by atoms with van der Waals surface area (Å²) in [6.45, 7) is 7.96. The first kappa shape index (κ1) is 24.4. The largest absolute Gasteiger partial charge is 0.492 e. The second kappa shape index (κ2) is 13.5. The van der Waals surface area contributed by atoms with E-state index >= 15 is 0 Å². The van der Waals surface area contributed by atoms with Crippen molar-refractivity contribution in [1.82, 2.24) is 15.5 Å². The molecule has 0 aromatic heterocycles. The van der Waals surface area contributed by atoms with Gasteiger partial charge in [-0.2, -0.15) is 0 Å². The molecular formula is C23H33IN4O2.